The number of nitrogens with one attached hydrogen (secondary N) is 1. The fourth-order valence-electron chi connectivity index (χ4n) is 3.92. The van der Waals surface area contributed by atoms with E-state index >= 15 is 0 Å². The summed E-state index contributed by atoms with van der Waals surface area (Å²) in [6.45, 7) is 1.91. The van der Waals surface area contributed by atoms with E-state index in [1.807, 2.05) is 43.5 Å². The van der Waals surface area contributed by atoms with Gasteiger partial charge in [0.1, 0.15) is 11.4 Å². The molecule has 0 aliphatic rings. The number of hydrogen-bond donors (Lipinski definition) is 1. The van der Waals surface area contributed by atoms with E-state index in [1.54, 1.807) is 72.7 Å². The van der Waals surface area contributed by atoms with E-state index in [2.05, 4.69) is 9.71 Å². The normalized spacial score (nSPS) is 11.3. The molecule has 3 aromatic carbocycles. The van der Waals surface area contributed by atoms with Crippen molar-refractivity contribution in [3.63, 3.8) is 0 Å². The first-order chi connectivity index (χ1) is 17.8. The summed E-state index contributed by atoms with van der Waals surface area (Å²) in [6, 6.07) is 23.1. The number of ether oxygens (including phenoxy) is 1. The highest BCUT2D eigenvalue weighted by molar-refractivity contribution is 7.92. The van der Waals surface area contributed by atoms with Crippen LogP contribution in [0.25, 0.3) is 28.1 Å². The number of aromatic nitrogens is 3. The number of benzene rings is 3. The Labute approximate surface area is 220 Å². The average Bonchev–Trinajstić information content (AvgIpc) is 3.35. The summed E-state index contributed by atoms with van der Waals surface area (Å²) in [5.74, 6) is 0.573. The minimum Gasteiger partial charge on any atom is -0.495 e. The van der Waals surface area contributed by atoms with Crippen molar-refractivity contribution in [2.24, 2.45) is 0 Å². The summed E-state index contributed by atoms with van der Waals surface area (Å²) in [5, 5.41) is 5.32. The molecule has 0 saturated carbocycles. The standard InChI is InChI=1S/C28H23ClN4O3S/c1-19-6-9-24(10-7-19)37(34,35)32-22-4-3-5-23(17-22)33-18-25(20-12-14-30-15-13-20)28(31-33)21-8-11-27(36-2)26(29)16-21/h3-18,32H,1-2H3. The predicted molar refractivity (Wildman–Crippen MR) is 146 cm³/mol. The Morgan fingerprint density at radius 1 is 0.919 bits per heavy atom. The second kappa shape index (κ2) is 10.1. The molecule has 5 rings (SSSR count). The largest absolute Gasteiger partial charge is 0.495 e. The van der Waals surface area contributed by atoms with Gasteiger partial charge in [0.05, 0.1) is 28.4 Å². The van der Waals surface area contributed by atoms with E-state index in [9.17, 15) is 8.42 Å². The molecule has 186 valence electrons. The van der Waals surface area contributed by atoms with Crippen molar-refractivity contribution in [1.29, 1.82) is 0 Å². The second-order valence-electron chi connectivity index (χ2n) is 8.39. The Balaban J connectivity index is 1.55. The van der Waals surface area contributed by atoms with Crippen molar-refractivity contribution in [3.8, 4) is 33.8 Å². The van der Waals surface area contributed by atoms with Gasteiger partial charge in [-0.15, -0.1) is 0 Å². The third-order valence-corrected chi connectivity index (χ3v) is 7.52. The van der Waals surface area contributed by atoms with Crippen LogP contribution in [0.5, 0.6) is 5.75 Å². The first-order valence-corrected chi connectivity index (χ1v) is 13.2. The van der Waals surface area contributed by atoms with E-state index in [1.165, 1.54) is 0 Å². The van der Waals surface area contributed by atoms with Gasteiger partial charge in [-0.2, -0.15) is 5.10 Å². The predicted octanol–water partition coefficient (Wildman–Crippen LogP) is 6.37. The Morgan fingerprint density at radius 3 is 2.38 bits per heavy atom. The summed E-state index contributed by atoms with van der Waals surface area (Å²) in [7, 11) is -2.17. The molecule has 0 aliphatic heterocycles. The minimum absolute atomic E-state index is 0.196. The average molecular weight is 531 g/mol. The van der Waals surface area contributed by atoms with Crippen molar-refractivity contribution in [2.45, 2.75) is 11.8 Å². The highest BCUT2D eigenvalue weighted by Crippen LogP contribution is 2.36. The minimum atomic E-state index is -3.74. The summed E-state index contributed by atoms with van der Waals surface area (Å²) < 4.78 is 35.5. The maximum absolute atomic E-state index is 12.9. The fourth-order valence-corrected chi connectivity index (χ4v) is 5.23. The Hall–Kier alpha value is -4.14. The van der Waals surface area contributed by atoms with E-state index < -0.39 is 10.0 Å². The highest BCUT2D eigenvalue weighted by Gasteiger charge is 2.17. The molecule has 0 bridgehead atoms. The molecule has 2 aromatic heterocycles. The molecule has 37 heavy (non-hydrogen) atoms. The first kappa shape index (κ1) is 24.5. The number of methoxy groups -OCH3 is 1. The summed E-state index contributed by atoms with van der Waals surface area (Å²) in [4.78, 5) is 4.32. The molecular formula is C28H23ClN4O3S. The molecule has 0 aliphatic carbocycles. The van der Waals surface area contributed by atoms with Crippen molar-refractivity contribution in [1.82, 2.24) is 14.8 Å². The summed E-state index contributed by atoms with van der Waals surface area (Å²) in [6.07, 6.45) is 5.34. The zero-order chi connectivity index (χ0) is 26.0. The maximum atomic E-state index is 12.9. The number of nitrogens with zero attached hydrogens (tertiary/aromatic N) is 3. The molecule has 0 saturated heterocycles. The highest BCUT2D eigenvalue weighted by atomic mass is 35.5. The molecule has 7 nitrogen and oxygen atoms in total. The number of pyridine rings is 1. The smallest absolute Gasteiger partial charge is 0.261 e. The van der Waals surface area contributed by atoms with E-state index in [4.69, 9.17) is 21.4 Å². The van der Waals surface area contributed by atoms with Crippen LogP contribution in [0, 0.1) is 6.92 Å². The Morgan fingerprint density at radius 2 is 1.68 bits per heavy atom. The number of hydrogen-bond acceptors (Lipinski definition) is 5. The zero-order valence-corrected chi connectivity index (χ0v) is 21.7. The number of sulfonamides is 1. The van der Waals surface area contributed by atoms with Gasteiger partial charge in [0, 0.05) is 29.7 Å². The van der Waals surface area contributed by atoms with Crippen LogP contribution in [0.3, 0.4) is 0 Å². The van der Waals surface area contributed by atoms with Gasteiger partial charge in [0.2, 0.25) is 0 Å². The fraction of sp³-hybridized carbons (Fsp3) is 0.0714. The summed E-state index contributed by atoms with van der Waals surface area (Å²) in [5.41, 5.74) is 5.42. The van der Waals surface area contributed by atoms with Crippen molar-refractivity contribution < 1.29 is 13.2 Å². The molecule has 5 aromatic rings. The number of halogens is 1. The molecule has 2 heterocycles. The SMILES string of the molecule is COc1ccc(-c2nn(-c3cccc(NS(=O)(=O)c4ccc(C)cc4)c3)cc2-c2ccncc2)cc1Cl. The quantitative estimate of drug-likeness (QED) is 0.264. The number of rotatable bonds is 7. The van der Waals surface area contributed by atoms with Gasteiger partial charge in [0.25, 0.3) is 10.0 Å². The third-order valence-electron chi connectivity index (χ3n) is 5.82. The second-order valence-corrected chi connectivity index (χ2v) is 10.5. The van der Waals surface area contributed by atoms with Gasteiger partial charge >= 0.3 is 0 Å². The maximum Gasteiger partial charge on any atom is 0.261 e. The molecule has 0 spiro atoms. The van der Waals surface area contributed by atoms with Gasteiger partial charge in [-0.1, -0.05) is 35.4 Å². The van der Waals surface area contributed by atoms with Gasteiger partial charge in [-0.3, -0.25) is 9.71 Å². The lowest BCUT2D eigenvalue weighted by Crippen LogP contribution is -2.13. The Kier molecular flexibility index (Phi) is 6.69. The van der Waals surface area contributed by atoms with Crippen molar-refractivity contribution in [2.75, 3.05) is 11.8 Å². The molecule has 0 amide bonds. The lowest BCUT2D eigenvalue weighted by Gasteiger charge is -2.10. The van der Waals surface area contributed by atoms with Gasteiger partial charge < -0.3 is 4.74 Å². The number of aryl methyl sites for hydroxylation is 1. The van der Waals surface area contributed by atoms with Crippen LogP contribution in [0.2, 0.25) is 5.02 Å². The topological polar surface area (TPSA) is 86.1 Å². The van der Waals surface area contributed by atoms with Crippen LogP contribution in [0.4, 0.5) is 5.69 Å². The molecule has 0 radical (unpaired) electrons. The van der Waals surface area contributed by atoms with Crippen LogP contribution in [-0.2, 0) is 10.0 Å². The van der Waals surface area contributed by atoms with Crippen LogP contribution >= 0.6 is 11.6 Å². The summed E-state index contributed by atoms with van der Waals surface area (Å²) >= 11 is 6.41. The van der Waals surface area contributed by atoms with E-state index in [-0.39, 0.29) is 4.90 Å². The lowest BCUT2D eigenvalue weighted by atomic mass is 10.0. The number of anilines is 1. The lowest BCUT2D eigenvalue weighted by molar-refractivity contribution is 0.415. The molecule has 1 N–H and O–H groups in total. The van der Waals surface area contributed by atoms with Gasteiger partial charge in [-0.25, -0.2) is 13.1 Å². The van der Waals surface area contributed by atoms with Crippen LogP contribution in [0.15, 0.2) is 102 Å². The van der Waals surface area contributed by atoms with Crippen LogP contribution in [-0.4, -0.2) is 30.3 Å². The third kappa shape index (κ3) is 5.21. The molecule has 0 unspecified atom stereocenters. The van der Waals surface area contributed by atoms with Gasteiger partial charge in [-0.05, 0) is 73.2 Å². The van der Waals surface area contributed by atoms with E-state index in [0.29, 0.717) is 27.8 Å². The molecule has 9 heteroatoms. The Bertz CT molecular complexity index is 1670. The van der Waals surface area contributed by atoms with Crippen molar-refractivity contribution >= 4 is 27.3 Å². The van der Waals surface area contributed by atoms with E-state index in [0.717, 1.165) is 22.3 Å². The van der Waals surface area contributed by atoms with Crippen LogP contribution < -0.4 is 9.46 Å². The molecule has 0 fully saturated rings. The van der Waals surface area contributed by atoms with Crippen LogP contribution in [0.1, 0.15) is 5.56 Å². The molecular weight excluding hydrogens is 508 g/mol. The first-order valence-electron chi connectivity index (χ1n) is 11.4. The zero-order valence-electron chi connectivity index (χ0n) is 20.1. The van der Waals surface area contributed by atoms with Crippen molar-refractivity contribution in [3.05, 3.63) is 108 Å². The monoisotopic (exact) mass is 530 g/mol. The van der Waals surface area contributed by atoms with Gasteiger partial charge in [0.15, 0.2) is 0 Å². The molecule has 0 atom stereocenters.